The second-order valence-corrected chi connectivity index (χ2v) is 8.72. The molecule has 1 fully saturated rings. The van der Waals surface area contributed by atoms with E-state index in [-0.39, 0.29) is 12.0 Å². The summed E-state index contributed by atoms with van der Waals surface area (Å²) in [7, 11) is 1.66. The Hall–Kier alpha value is -2.90. The van der Waals surface area contributed by atoms with Crippen molar-refractivity contribution in [2.24, 2.45) is 0 Å². The summed E-state index contributed by atoms with van der Waals surface area (Å²) in [5, 5.41) is 14.0. The van der Waals surface area contributed by atoms with E-state index in [2.05, 4.69) is 17.4 Å². The summed E-state index contributed by atoms with van der Waals surface area (Å²) in [4.78, 5) is 0. The molecule has 0 amide bonds. The summed E-state index contributed by atoms with van der Waals surface area (Å²) < 4.78 is 23.3. The van der Waals surface area contributed by atoms with Crippen LogP contribution in [-0.4, -0.2) is 50.7 Å². The molecule has 3 aromatic rings. The molecule has 0 aromatic heterocycles. The molecule has 1 aliphatic heterocycles. The minimum absolute atomic E-state index is 0.119. The number of hydrogen-bond acceptors (Lipinski definition) is 6. The molecule has 2 N–H and O–H groups in total. The summed E-state index contributed by atoms with van der Waals surface area (Å²) >= 11 is 0. The van der Waals surface area contributed by atoms with Crippen molar-refractivity contribution >= 4 is 0 Å². The Bertz CT molecular complexity index is 1010. The van der Waals surface area contributed by atoms with Crippen molar-refractivity contribution in [3.8, 4) is 11.5 Å². The molecular formula is C29H35NO5. The number of piperidine rings is 1. The Kier molecular flexibility index (Phi) is 9.55. The molecule has 0 unspecified atom stereocenters. The lowest BCUT2D eigenvalue weighted by atomic mass is 9.85. The van der Waals surface area contributed by atoms with Crippen molar-refractivity contribution in [1.82, 2.24) is 5.32 Å². The van der Waals surface area contributed by atoms with E-state index in [0.29, 0.717) is 39.5 Å². The van der Waals surface area contributed by atoms with E-state index in [1.54, 1.807) is 7.11 Å². The van der Waals surface area contributed by atoms with Crippen molar-refractivity contribution in [1.29, 1.82) is 0 Å². The van der Waals surface area contributed by atoms with Gasteiger partial charge in [0, 0.05) is 31.0 Å². The third kappa shape index (κ3) is 7.29. The fraction of sp³-hybridized carbons (Fsp3) is 0.379. The molecule has 1 saturated heterocycles. The van der Waals surface area contributed by atoms with E-state index in [1.807, 2.05) is 66.7 Å². The number of benzene rings is 3. The van der Waals surface area contributed by atoms with Crippen molar-refractivity contribution in [3.63, 3.8) is 0 Å². The lowest BCUT2D eigenvalue weighted by Gasteiger charge is -2.36. The molecule has 6 heteroatoms. The Morgan fingerprint density at radius 3 is 2.43 bits per heavy atom. The standard InChI is InChI=1S/C29H35NO5/c1-32-27-11-6-5-10-24(27)21-35-28-19-30-18-26(31)29(28)23-12-14-25(15-13-23)34-17-7-16-33-20-22-8-3-2-4-9-22/h2-6,8-15,26,28-31H,7,16-21H2,1H3/t26-,28+,29+/m1/s1. The number of hydrogen-bond donors (Lipinski definition) is 2. The molecule has 3 atom stereocenters. The average Bonchev–Trinajstić information content (AvgIpc) is 2.90. The zero-order valence-electron chi connectivity index (χ0n) is 20.3. The first-order valence-corrected chi connectivity index (χ1v) is 12.2. The molecule has 0 radical (unpaired) electrons. The Morgan fingerprint density at radius 1 is 0.857 bits per heavy atom. The van der Waals surface area contributed by atoms with Crippen LogP contribution in [0.3, 0.4) is 0 Å². The zero-order chi connectivity index (χ0) is 24.3. The van der Waals surface area contributed by atoms with Crippen LogP contribution < -0.4 is 14.8 Å². The van der Waals surface area contributed by atoms with E-state index in [9.17, 15) is 5.11 Å². The maximum Gasteiger partial charge on any atom is 0.124 e. The lowest BCUT2D eigenvalue weighted by molar-refractivity contribution is -0.0332. The topological polar surface area (TPSA) is 69.2 Å². The van der Waals surface area contributed by atoms with Gasteiger partial charge in [0.25, 0.3) is 0 Å². The van der Waals surface area contributed by atoms with Crippen LogP contribution in [0, 0.1) is 0 Å². The van der Waals surface area contributed by atoms with Gasteiger partial charge in [-0.05, 0) is 29.3 Å². The zero-order valence-corrected chi connectivity index (χ0v) is 20.3. The highest BCUT2D eigenvalue weighted by molar-refractivity contribution is 5.33. The molecule has 186 valence electrons. The van der Waals surface area contributed by atoms with Crippen molar-refractivity contribution < 1.29 is 24.1 Å². The maximum atomic E-state index is 10.8. The van der Waals surface area contributed by atoms with Crippen molar-refractivity contribution in [3.05, 3.63) is 95.6 Å². The molecule has 6 nitrogen and oxygen atoms in total. The van der Waals surface area contributed by atoms with E-state index in [1.165, 1.54) is 5.56 Å². The normalized spacial score (nSPS) is 19.9. The predicted molar refractivity (Wildman–Crippen MR) is 136 cm³/mol. The number of β-amino-alcohol motifs (C(OH)–C–C–N with tert-alkyl or cyclic N) is 1. The van der Waals surface area contributed by atoms with Crippen LogP contribution in [0.25, 0.3) is 0 Å². The largest absolute Gasteiger partial charge is 0.496 e. The number of rotatable bonds is 12. The van der Waals surface area contributed by atoms with Gasteiger partial charge >= 0.3 is 0 Å². The molecular weight excluding hydrogens is 442 g/mol. The molecule has 1 heterocycles. The minimum atomic E-state index is -0.528. The van der Waals surface area contributed by atoms with Crippen LogP contribution in [0.4, 0.5) is 0 Å². The van der Waals surface area contributed by atoms with E-state index in [0.717, 1.165) is 29.0 Å². The average molecular weight is 478 g/mol. The fourth-order valence-corrected chi connectivity index (χ4v) is 4.40. The van der Waals surface area contributed by atoms with Crippen molar-refractivity contribution in [2.75, 3.05) is 33.4 Å². The summed E-state index contributed by atoms with van der Waals surface area (Å²) in [6.07, 6.45) is 0.137. The summed E-state index contributed by atoms with van der Waals surface area (Å²) in [5.41, 5.74) is 3.21. The summed E-state index contributed by atoms with van der Waals surface area (Å²) in [6, 6.07) is 26.0. The number of ether oxygens (including phenoxy) is 4. The molecule has 35 heavy (non-hydrogen) atoms. The van der Waals surface area contributed by atoms with Gasteiger partial charge < -0.3 is 29.4 Å². The van der Waals surface area contributed by atoms with E-state index in [4.69, 9.17) is 18.9 Å². The molecule has 0 bridgehead atoms. The number of nitrogens with one attached hydrogen (secondary N) is 1. The van der Waals surface area contributed by atoms with Gasteiger partial charge in [0.05, 0.1) is 45.7 Å². The van der Waals surface area contributed by atoms with Crippen LogP contribution in [0.15, 0.2) is 78.9 Å². The SMILES string of the molecule is COc1ccccc1CO[C@H]1CNC[C@@H](O)[C@@H]1c1ccc(OCCCOCc2ccccc2)cc1. The van der Waals surface area contributed by atoms with Crippen LogP contribution in [0.2, 0.25) is 0 Å². The van der Waals surface area contributed by atoms with Gasteiger partial charge in [0.2, 0.25) is 0 Å². The van der Waals surface area contributed by atoms with Gasteiger partial charge in [-0.1, -0.05) is 60.7 Å². The summed E-state index contributed by atoms with van der Waals surface area (Å²) in [5.74, 6) is 1.50. The van der Waals surface area contributed by atoms with E-state index < -0.39 is 6.10 Å². The number of para-hydroxylation sites is 1. The number of methoxy groups -OCH3 is 1. The van der Waals surface area contributed by atoms with Gasteiger partial charge in [-0.15, -0.1) is 0 Å². The van der Waals surface area contributed by atoms with Crippen LogP contribution in [-0.2, 0) is 22.7 Å². The molecule has 0 spiro atoms. The summed E-state index contributed by atoms with van der Waals surface area (Å²) in [6.45, 7) is 3.51. The minimum Gasteiger partial charge on any atom is -0.496 e. The Labute approximate surface area is 207 Å². The third-order valence-corrected chi connectivity index (χ3v) is 6.24. The van der Waals surface area contributed by atoms with Gasteiger partial charge in [0.15, 0.2) is 0 Å². The predicted octanol–water partition coefficient (Wildman–Crippen LogP) is 4.31. The highest BCUT2D eigenvalue weighted by atomic mass is 16.5. The smallest absolute Gasteiger partial charge is 0.124 e. The third-order valence-electron chi connectivity index (χ3n) is 6.24. The van der Waals surface area contributed by atoms with Crippen molar-refractivity contribution in [2.45, 2.75) is 37.8 Å². The molecule has 4 rings (SSSR count). The fourth-order valence-electron chi connectivity index (χ4n) is 4.40. The molecule has 1 aliphatic rings. The first-order chi connectivity index (χ1) is 17.2. The van der Waals surface area contributed by atoms with Crippen LogP contribution in [0.1, 0.15) is 29.0 Å². The quantitative estimate of drug-likeness (QED) is 0.379. The van der Waals surface area contributed by atoms with Gasteiger partial charge in [-0.25, -0.2) is 0 Å². The second kappa shape index (κ2) is 13.3. The first-order valence-electron chi connectivity index (χ1n) is 12.2. The second-order valence-electron chi connectivity index (χ2n) is 8.72. The monoisotopic (exact) mass is 477 g/mol. The van der Waals surface area contributed by atoms with E-state index >= 15 is 0 Å². The maximum absolute atomic E-state index is 10.8. The molecule has 3 aromatic carbocycles. The van der Waals surface area contributed by atoms with Gasteiger partial charge in [-0.3, -0.25) is 0 Å². The Balaban J connectivity index is 1.26. The Morgan fingerprint density at radius 2 is 1.63 bits per heavy atom. The van der Waals surface area contributed by atoms with Gasteiger partial charge in [0.1, 0.15) is 11.5 Å². The highest BCUT2D eigenvalue weighted by Gasteiger charge is 2.34. The van der Waals surface area contributed by atoms with Crippen LogP contribution in [0.5, 0.6) is 11.5 Å². The number of aliphatic hydroxyl groups excluding tert-OH is 1. The number of aliphatic hydroxyl groups is 1. The molecule has 0 aliphatic carbocycles. The van der Waals surface area contributed by atoms with Gasteiger partial charge in [-0.2, -0.15) is 0 Å². The first kappa shape index (κ1) is 25.2. The lowest BCUT2D eigenvalue weighted by Crippen LogP contribution is -2.49. The highest BCUT2D eigenvalue weighted by Crippen LogP contribution is 2.31. The molecule has 0 saturated carbocycles. The van der Waals surface area contributed by atoms with Crippen LogP contribution >= 0.6 is 0 Å².